The summed E-state index contributed by atoms with van der Waals surface area (Å²) in [5.74, 6) is -0.509. The molecule has 1 atom stereocenters. The predicted molar refractivity (Wildman–Crippen MR) is 70.6 cm³/mol. The van der Waals surface area contributed by atoms with Crippen molar-refractivity contribution < 1.29 is 23.8 Å². The maximum atomic E-state index is 12.3. The molecule has 1 fully saturated rings. The van der Waals surface area contributed by atoms with Crippen LogP contribution >= 0.6 is 0 Å². The molecule has 0 saturated carbocycles. The number of ether oxygens (including phenoxy) is 3. The fourth-order valence-electron chi connectivity index (χ4n) is 2.25. The fourth-order valence-corrected chi connectivity index (χ4v) is 2.25. The first-order valence-corrected chi connectivity index (χ1v) is 6.87. The summed E-state index contributed by atoms with van der Waals surface area (Å²) in [6, 6.07) is -0.534. The van der Waals surface area contributed by atoms with Gasteiger partial charge in [0.25, 0.3) is 5.91 Å². The van der Waals surface area contributed by atoms with E-state index < -0.39 is 11.6 Å². The average Bonchev–Trinajstić information content (AvgIpc) is 2.86. The lowest BCUT2D eigenvalue weighted by Crippen LogP contribution is -2.44. The van der Waals surface area contributed by atoms with Gasteiger partial charge in [0.1, 0.15) is 31.1 Å². The van der Waals surface area contributed by atoms with Crippen LogP contribution in [0.5, 0.6) is 0 Å². The van der Waals surface area contributed by atoms with E-state index >= 15 is 0 Å². The number of amides is 1. The van der Waals surface area contributed by atoms with Crippen molar-refractivity contribution in [1.82, 2.24) is 4.90 Å². The minimum absolute atomic E-state index is 0.159. The van der Waals surface area contributed by atoms with Crippen LogP contribution in [0.2, 0.25) is 0 Å². The zero-order valence-corrected chi connectivity index (χ0v) is 12.2. The van der Waals surface area contributed by atoms with E-state index in [1.54, 1.807) is 0 Å². The molecule has 2 rings (SSSR count). The zero-order chi connectivity index (χ0) is 14.8. The number of hydrogen-bond donors (Lipinski definition) is 0. The van der Waals surface area contributed by atoms with Crippen molar-refractivity contribution in [2.75, 3.05) is 19.8 Å². The van der Waals surface area contributed by atoms with Gasteiger partial charge in [-0.3, -0.25) is 4.79 Å². The van der Waals surface area contributed by atoms with Crippen molar-refractivity contribution in [3.63, 3.8) is 0 Å². The Bertz CT molecular complexity index is 424. The maximum Gasteiger partial charge on any atom is 0.329 e. The highest BCUT2D eigenvalue weighted by atomic mass is 16.6. The van der Waals surface area contributed by atoms with Gasteiger partial charge in [-0.2, -0.15) is 0 Å². The van der Waals surface area contributed by atoms with Crippen LogP contribution in [0.3, 0.4) is 0 Å². The Morgan fingerprint density at radius 3 is 2.70 bits per heavy atom. The van der Waals surface area contributed by atoms with Crippen molar-refractivity contribution in [2.45, 2.75) is 45.3 Å². The predicted octanol–water partition coefficient (Wildman–Crippen LogP) is 1.21. The summed E-state index contributed by atoms with van der Waals surface area (Å²) in [6.07, 6.45) is 2.72. The highest BCUT2D eigenvalue weighted by Gasteiger charge is 2.38. The van der Waals surface area contributed by atoms with Crippen LogP contribution in [0.4, 0.5) is 0 Å². The number of likely N-dealkylation sites (tertiary alicyclic amines) is 1. The van der Waals surface area contributed by atoms with Gasteiger partial charge in [0.05, 0.1) is 0 Å². The molecule has 0 N–H and O–H groups in total. The molecule has 1 saturated heterocycles. The van der Waals surface area contributed by atoms with E-state index in [0.29, 0.717) is 26.2 Å². The Balaban J connectivity index is 2.05. The Hall–Kier alpha value is -1.72. The van der Waals surface area contributed by atoms with Gasteiger partial charge < -0.3 is 19.1 Å². The number of carbonyl (C=O) groups is 2. The van der Waals surface area contributed by atoms with Crippen molar-refractivity contribution in [1.29, 1.82) is 0 Å². The third-order valence-electron chi connectivity index (χ3n) is 3.05. The van der Waals surface area contributed by atoms with Crippen LogP contribution in [0.1, 0.15) is 33.6 Å². The third-order valence-corrected chi connectivity index (χ3v) is 3.05. The lowest BCUT2D eigenvalue weighted by atomic mass is 10.1. The molecule has 1 amide bonds. The molecule has 6 heteroatoms. The van der Waals surface area contributed by atoms with Crippen molar-refractivity contribution in [2.24, 2.45) is 0 Å². The van der Waals surface area contributed by atoms with Crippen LogP contribution in [0, 0.1) is 0 Å². The van der Waals surface area contributed by atoms with E-state index in [-0.39, 0.29) is 17.6 Å². The molecule has 112 valence electrons. The lowest BCUT2D eigenvalue weighted by molar-refractivity contribution is -0.163. The number of hydrogen-bond acceptors (Lipinski definition) is 5. The Kier molecular flexibility index (Phi) is 4.20. The van der Waals surface area contributed by atoms with Crippen LogP contribution < -0.4 is 0 Å². The van der Waals surface area contributed by atoms with E-state index in [1.807, 2.05) is 20.8 Å². The summed E-state index contributed by atoms with van der Waals surface area (Å²) in [5.41, 5.74) is -0.557. The van der Waals surface area contributed by atoms with E-state index in [9.17, 15) is 9.59 Å². The molecular formula is C14H21NO5. The molecule has 0 aromatic heterocycles. The molecule has 0 unspecified atom stereocenters. The topological polar surface area (TPSA) is 65.1 Å². The number of nitrogens with zero attached hydrogens (tertiary/aromatic N) is 1. The summed E-state index contributed by atoms with van der Waals surface area (Å²) in [5, 5.41) is 0. The molecule has 0 radical (unpaired) electrons. The van der Waals surface area contributed by atoms with Crippen molar-refractivity contribution >= 4 is 11.9 Å². The van der Waals surface area contributed by atoms with Crippen molar-refractivity contribution in [3.8, 4) is 0 Å². The molecule has 20 heavy (non-hydrogen) atoms. The largest absolute Gasteiger partial charge is 0.494 e. The summed E-state index contributed by atoms with van der Waals surface area (Å²) < 4.78 is 15.7. The molecule has 0 aromatic carbocycles. The Morgan fingerprint density at radius 2 is 2.10 bits per heavy atom. The molecular weight excluding hydrogens is 262 g/mol. The summed E-state index contributed by atoms with van der Waals surface area (Å²) >= 11 is 0. The van der Waals surface area contributed by atoms with E-state index in [0.717, 1.165) is 6.42 Å². The standard InChI is InChI=1S/C14H21NO5/c1-14(2,3)20-13(17)10-5-4-6-15(10)12(16)11-9-18-7-8-19-11/h9-10H,4-8H2,1-3H3/t10-/m1/s1. The first-order valence-electron chi connectivity index (χ1n) is 6.87. The molecule has 0 bridgehead atoms. The van der Waals surface area contributed by atoms with Gasteiger partial charge in [0.15, 0.2) is 0 Å². The second kappa shape index (κ2) is 5.73. The van der Waals surface area contributed by atoms with Crippen LogP contribution in [-0.4, -0.2) is 48.2 Å². The minimum Gasteiger partial charge on any atom is -0.494 e. The van der Waals surface area contributed by atoms with Gasteiger partial charge in [-0.1, -0.05) is 0 Å². The molecule has 0 aliphatic carbocycles. The Labute approximate surface area is 118 Å². The molecule has 2 aliphatic heterocycles. The van der Waals surface area contributed by atoms with Crippen LogP contribution in [-0.2, 0) is 23.8 Å². The second-order valence-electron chi connectivity index (χ2n) is 5.89. The quantitative estimate of drug-likeness (QED) is 0.713. The van der Waals surface area contributed by atoms with Crippen LogP contribution in [0.15, 0.2) is 12.0 Å². The zero-order valence-electron chi connectivity index (χ0n) is 12.2. The first-order chi connectivity index (χ1) is 9.38. The van der Waals surface area contributed by atoms with Gasteiger partial charge in [0, 0.05) is 6.54 Å². The van der Waals surface area contributed by atoms with Crippen LogP contribution in [0.25, 0.3) is 0 Å². The SMILES string of the molecule is CC(C)(C)OC(=O)[C@H]1CCCN1C(=O)C1=COCCO1. The molecule has 2 aliphatic rings. The van der Waals surface area contributed by atoms with Gasteiger partial charge in [-0.05, 0) is 33.6 Å². The minimum atomic E-state index is -0.557. The first kappa shape index (κ1) is 14.7. The fraction of sp³-hybridized carbons (Fsp3) is 0.714. The van der Waals surface area contributed by atoms with Crippen molar-refractivity contribution in [3.05, 3.63) is 12.0 Å². The summed E-state index contributed by atoms with van der Waals surface area (Å²) in [7, 11) is 0. The Morgan fingerprint density at radius 1 is 1.35 bits per heavy atom. The monoisotopic (exact) mass is 283 g/mol. The molecule has 6 nitrogen and oxygen atoms in total. The van der Waals surface area contributed by atoms with E-state index in [1.165, 1.54) is 11.2 Å². The third kappa shape index (κ3) is 3.43. The summed E-state index contributed by atoms with van der Waals surface area (Å²) in [6.45, 7) is 6.75. The smallest absolute Gasteiger partial charge is 0.329 e. The van der Waals surface area contributed by atoms with Gasteiger partial charge >= 0.3 is 5.97 Å². The lowest BCUT2D eigenvalue weighted by Gasteiger charge is -2.28. The molecule has 2 heterocycles. The number of carbonyl (C=O) groups excluding carboxylic acids is 2. The van der Waals surface area contributed by atoms with Gasteiger partial charge in [-0.15, -0.1) is 0 Å². The molecule has 0 aromatic rings. The average molecular weight is 283 g/mol. The van der Waals surface area contributed by atoms with E-state index in [4.69, 9.17) is 14.2 Å². The molecule has 0 spiro atoms. The van der Waals surface area contributed by atoms with Gasteiger partial charge in [0.2, 0.25) is 5.76 Å². The highest BCUT2D eigenvalue weighted by Crippen LogP contribution is 2.23. The van der Waals surface area contributed by atoms with Gasteiger partial charge in [-0.25, -0.2) is 4.79 Å². The normalized spacial score (nSPS) is 22.6. The number of esters is 1. The highest BCUT2D eigenvalue weighted by molar-refractivity contribution is 5.94. The number of rotatable bonds is 2. The summed E-state index contributed by atoms with van der Waals surface area (Å²) in [4.78, 5) is 26.0. The van der Waals surface area contributed by atoms with E-state index in [2.05, 4.69) is 0 Å². The second-order valence-corrected chi connectivity index (χ2v) is 5.89. The maximum absolute atomic E-state index is 12.3.